The van der Waals surface area contributed by atoms with E-state index in [1.165, 1.54) is 12.1 Å². The van der Waals surface area contributed by atoms with Gasteiger partial charge in [0, 0.05) is 30.8 Å². The molecule has 1 fully saturated rings. The number of aromatic nitrogens is 2. The summed E-state index contributed by atoms with van der Waals surface area (Å²) in [6, 6.07) is 8.40. The lowest BCUT2D eigenvalue weighted by atomic mass is 9.98. The number of nitrogens with zero attached hydrogens (tertiary/aromatic N) is 3. The average molecular weight is 372 g/mol. The number of rotatable bonds is 8. The Morgan fingerprint density at radius 1 is 1.19 bits per heavy atom. The van der Waals surface area contributed by atoms with Crippen molar-refractivity contribution in [2.45, 2.75) is 45.4 Å². The molecule has 0 amide bonds. The van der Waals surface area contributed by atoms with Crippen LogP contribution in [0.25, 0.3) is 0 Å². The van der Waals surface area contributed by atoms with Crippen LogP contribution in [0.2, 0.25) is 0 Å². The first-order chi connectivity index (χ1) is 13.2. The summed E-state index contributed by atoms with van der Waals surface area (Å²) in [5.74, 6) is 2.56. The number of morpholine rings is 1. The summed E-state index contributed by atoms with van der Waals surface area (Å²) in [6.07, 6.45) is 4.41. The van der Waals surface area contributed by atoms with E-state index < -0.39 is 0 Å². The van der Waals surface area contributed by atoms with E-state index in [1.54, 1.807) is 6.07 Å². The van der Waals surface area contributed by atoms with Crippen molar-refractivity contribution in [1.82, 2.24) is 9.97 Å². The first-order valence-corrected chi connectivity index (χ1v) is 9.93. The van der Waals surface area contributed by atoms with Gasteiger partial charge in [0.2, 0.25) is 0 Å². The van der Waals surface area contributed by atoms with Gasteiger partial charge in [0.15, 0.2) is 0 Å². The lowest BCUT2D eigenvalue weighted by molar-refractivity contribution is 0.122. The van der Waals surface area contributed by atoms with E-state index in [0.717, 1.165) is 50.4 Å². The molecule has 1 aromatic heterocycles. The summed E-state index contributed by atoms with van der Waals surface area (Å²) < 4.78 is 19.0. The molecule has 1 saturated heterocycles. The molecule has 1 aliphatic rings. The summed E-state index contributed by atoms with van der Waals surface area (Å²) in [5, 5.41) is 3.25. The highest BCUT2D eigenvalue weighted by atomic mass is 19.1. The Labute approximate surface area is 161 Å². The summed E-state index contributed by atoms with van der Waals surface area (Å²) in [4.78, 5) is 11.9. The van der Waals surface area contributed by atoms with Gasteiger partial charge in [-0.05, 0) is 31.0 Å². The number of unbranched alkanes of at least 4 members (excludes halogenated alkanes) is 1. The molecule has 5 nitrogen and oxygen atoms in total. The first kappa shape index (κ1) is 19.5. The second-order valence-electron chi connectivity index (χ2n) is 6.95. The van der Waals surface area contributed by atoms with Gasteiger partial charge in [-0.3, -0.25) is 0 Å². The average Bonchev–Trinajstić information content (AvgIpc) is 2.69. The van der Waals surface area contributed by atoms with E-state index in [0.29, 0.717) is 30.6 Å². The van der Waals surface area contributed by atoms with Crippen LogP contribution in [0.4, 0.5) is 21.7 Å². The number of benzene rings is 1. The van der Waals surface area contributed by atoms with Gasteiger partial charge in [-0.25, -0.2) is 14.4 Å². The molecule has 1 N–H and O–H groups in total. The van der Waals surface area contributed by atoms with Gasteiger partial charge in [-0.2, -0.15) is 0 Å². The lowest BCUT2D eigenvalue weighted by Gasteiger charge is -2.29. The Hall–Kier alpha value is -2.21. The molecule has 0 spiro atoms. The van der Waals surface area contributed by atoms with Crippen molar-refractivity contribution < 1.29 is 9.13 Å². The van der Waals surface area contributed by atoms with Gasteiger partial charge < -0.3 is 15.0 Å². The molecule has 1 aliphatic heterocycles. The predicted molar refractivity (Wildman–Crippen MR) is 107 cm³/mol. The zero-order valence-corrected chi connectivity index (χ0v) is 16.2. The van der Waals surface area contributed by atoms with Gasteiger partial charge in [0.05, 0.1) is 13.2 Å². The molecule has 1 aromatic carbocycles. The fourth-order valence-electron chi connectivity index (χ4n) is 3.33. The van der Waals surface area contributed by atoms with Crippen molar-refractivity contribution in [3.8, 4) is 0 Å². The maximum absolute atomic E-state index is 13.5. The number of hydrogen-bond acceptors (Lipinski definition) is 5. The third-order valence-electron chi connectivity index (χ3n) is 4.93. The van der Waals surface area contributed by atoms with Crippen molar-refractivity contribution in [2.24, 2.45) is 0 Å². The van der Waals surface area contributed by atoms with Crippen LogP contribution in [0.1, 0.15) is 51.3 Å². The van der Waals surface area contributed by atoms with E-state index in [2.05, 4.69) is 24.1 Å². The second kappa shape index (κ2) is 9.65. The highest BCUT2D eigenvalue weighted by molar-refractivity contribution is 5.60. The molecular weight excluding hydrogens is 343 g/mol. The summed E-state index contributed by atoms with van der Waals surface area (Å²) in [5.41, 5.74) is 0.689. The zero-order chi connectivity index (χ0) is 19.1. The molecule has 0 saturated carbocycles. The number of hydrogen-bond donors (Lipinski definition) is 1. The Morgan fingerprint density at radius 3 is 2.70 bits per heavy atom. The predicted octanol–water partition coefficient (Wildman–Crippen LogP) is 4.88. The van der Waals surface area contributed by atoms with E-state index in [4.69, 9.17) is 14.7 Å². The van der Waals surface area contributed by atoms with Gasteiger partial charge >= 0.3 is 0 Å². The maximum Gasteiger partial charge on any atom is 0.136 e. The molecule has 1 atom stereocenters. The fourth-order valence-corrected chi connectivity index (χ4v) is 3.33. The molecule has 2 heterocycles. The largest absolute Gasteiger partial charge is 0.378 e. The highest BCUT2D eigenvalue weighted by Gasteiger charge is 2.19. The number of ether oxygens (including phenoxy) is 1. The van der Waals surface area contributed by atoms with Crippen LogP contribution in [0.5, 0.6) is 0 Å². The topological polar surface area (TPSA) is 50.3 Å². The first-order valence-electron chi connectivity index (χ1n) is 9.93. The Balaban J connectivity index is 1.91. The van der Waals surface area contributed by atoms with E-state index >= 15 is 0 Å². The summed E-state index contributed by atoms with van der Waals surface area (Å²) in [7, 11) is 0. The van der Waals surface area contributed by atoms with Gasteiger partial charge in [0.1, 0.15) is 23.3 Å². The molecule has 1 unspecified atom stereocenters. The summed E-state index contributed by atoms with van der Waals surface area (Å²) in [6.45, 7) is 7.45. The minimum Gasteiger partial charge on any atom is -0.378 e. The van der Waals surface area contributed by atoms with Crippen LogP contribution >= 0.6 is 0 Å². The van der Waals surface area contributed by atoms with E-state index in [-0.39, 0.29) is 5.82 Å². The molecule has 0 radical (unpaired) electrons. The lowest BCUT2D eigenvalue weighted by Crippen LogP contribution is -2.37. The highest BCUT2D eigenvalue weighted by Crippen LogP contribution is 2.28. The second-order valence-corrected chi connectivity index (χ2v) is 6.95. The monoisotopic (exact) mass is 372 g/mol. The number of nitrogens with one attached hydrogen (secondary N) is 1. The molecule has 0 bridgehead atoms. The smallest absolute Gasteiger partial charge is 0.136 e. The third-order valence-corrected chi connectivity index (χ3v) is 4.93. The molecule has 3 rings (SSSR count). The Morgan fingerprint density at radius 2 is 2.00 bits per heavy atom. The standard InChI is InChI=1S/C21H29FN4O/c1-3-5-7-16(4-2)21-24-19(23-18-9-6-8-17(22)14-18)15-20(25-21)26-10-12-27-13-11-26/h6,8-9,14-16H,3-5,7,10-13H2,1-2H3,(H,23,24,25). The van der Waals surface area contributed by atoms with Gasteiger partial charge in [-0.15, -0.1) is 0 Å². The van der Waals surface area contributed by atoms with Crippen LogP contribution in [-0.4, -0.2) is 36.3 Å². The van der Waals surface area contributed by atoms with Crippen LogP contribution in [0, 0.1) is 5.82 Å². The molecule has 2 aromatic rings. The third kappa shape index (κ3) is 5.39. The van der Waals surface area contributed by atoms with Gasteiger partial charge in [-0.1, -0.05) is 32.8 Å². The van der Waals surface area contributed by atoms with Crippen molar-refractivity contribution in [3.63, 3.8) is 0 Å². The maximum atomic E-state index is 13.5. The Bertz CT molecular complexity index is 734. The number of halogens is 1. The van der Waals surface area contributed by atoms with Crippen molar-refractivity contribution >= 4 is 17.3 Å². The molecule has 27 heavy (non-hydrogen) atoms. The van der Waals surface area contributed by atoms with Crippen LogP contribution < -0.4 is 10.2 Å². The van der Waals surface area contributed by atoms with Crippen LogP contribution in [-0.2, 0) is 4.74 Å². The van der Waals surface area contributed by atoms with Crippen molar-refractivity contribution in [2.75, 3.05) is 36.5 Å². The van der Waals surface area contributed by atoms with Gasteiger partial charge in [0.25, 0.3) is 0 Å². The molecular formula is C21H29FN4O. The molecule has 146 valence electrons. The molecule has 6 heteroatoms. The van der Waals surface area contributed by atoms with Crippen molar-refractivity contribution in [1.29, 1.82) is 0 Å². The Kier molecular flexibility index (Phi) is 6.98. The summed E-state index contributed by atoms with van der Waals surface area (Å²) >= 11 is 0. The zero-order valence-electron chi connectivity index (χ0n) is 16.2. The van der Waals surface area contributed by atoms with E-state index in [1.807, 2.05) is 12.1 Å². The van der Waals surface area contributed by atoms with Crippen LogP contribution in [0.15, 0.2) is 30.3 Å². The molecule has 0 aliphatic carbocycles. The van der Waals surface area contributed by atoms with Crippen molar-refractivity contribution in [3.05, 3.63) is 42.0 Å². The fraction of sp³-hybridized carbons (Fsp3) is 0.524. The minimum absolute atomic E-state index is 0.267. The van der Waals surface area contributed by atoms with Crippen LogP contribution in [0.3, 0.4) is 0 Å². The minimum atomic E-state index is -0.267. The van der Waals surface area contributed by atoms with E-state index in [9.17, 15) is 4.39 Å². The number of anilines is 3. The SMILES string of the molecule is CCCCC(CC)c1nc(Nc2cccc(F)c2)cc(N2CCOCC2)n1. The quantitative estimate of drug-likeness (QED) is 0.716. The normalized spacial score (nSPS) is 15.6.